The van der Waals surface area contributed by atoms with E-state index in [4.69, 9.17) is 4.74 Å². The lowest BCUT2D eigenvalue weighted by molar-refractivity contribution is 0.0160. The highest BCUT2D eigenvalue weighted by Gasteiger charge is 2.16. The van der Waals surface area contributed by atoms with Gasteiger partial charge in [0.2, 0.25) is 0 Å². The van der Waals surface area contributed by atoms with Crippen LogP contribution in [0.25, 0.3) is 0 Å². The fourth-order valence-electron chi connectivity index (χ4n) is 1.58. The lowest BCUT2D eigenvalue weighted by Crippen LogP contribution is -2.32. The number of carbonyl (C=O) groups is 1. The van der Waals surface area contributed by atoms with Gasteiger partial charge in [0, 0.05) is 19.2 Å². The van der Waals surface area contributed by atoms with Crippen molar-refractivity contribution in [2.45, 2.75) is 32.8 Å². The zero-order valence-corrected chi connectivity index (χ0v) is 11.4. The van der Waals surface area contributed by atoms with Crippen LogP contribution >= 0.6 is 0 Å². The minimum atomic E-state index is -0.239. The summed E-state index contributed by atoms with van der Waals surface area (Å²) >= 11 is 0. The molecule has 2 N–H and O–H groups in total. The highest BCUT2D eigenvalue weighted by molar-refractivity contribution is 5.95. The first kappa shape index (κ1) is 14.5. The van der Waals surface area contributed by atoms with E-state index in [0.29, 0.717) is 12.1 Å². The number of hydrogen-bond acceptors (Lipinski definition) is 3. The van der Waals surface area contributed by atoms with Crippen molar-refractivity contribution < 1.29 is 14.6 Å². The van der Waals surface area contributed by atoms with E-state index in [2.05, 4.69) is 5.32 Å². The van der Waals surface area contributed by atoms with Crippen LogP contribution in [0.5, 0.6) is 5.75 Å². The highest BCUT2D eigenvalue weighted by atomic mass is 16.5. The number of carbonyl (C=O) groups excluding carboxylic acids is 1. The zero-order chi connectivity index (χ0) is 13.8. The molecule has 0 saturated carbocycles. The van der Waals surface area contributed by atoms with Crippen molar-refractivity contribution in [3.05, 3.63) is 29.3 Å². The Morgan fingerprint density at radius 1 is 1.44 bits per heavy atom. The predicted molar refractivity (Wildman–Crippen MR) is 70.9 cm³/mol. The second-order valence-electron chi connectivity index (χ2n) is 4.97. The first-order valence-corrected chi connectivity index (χ1v) is 5.99. The second-order valence-corrected chi connectivity index (χ2v) is 4.97. The smallest absolute Gasteiger partial charge is 0.251 e. The van der Waals surface area contributed by atoms with Crippen LogP contribution in [0.15, 0.2) is 18.2 Å². The molecule has 4 nitrogen and oxygen atoms in total. The molecular formula is C14H21NO3. The van der Waals surface area contributed by atoms with Crippen LogP contribution in [0.4, 0.5) is 0 Å². The highest BCUT2D eigenvalue weighted by Crippen LogP contribution is 2.16. The Balaban J connectivity index is 2.56. The molecule has 0 unspecified atom stereocenters. The molecule has 0 heterocycles. The van der Waals surface area contributed by atoms with Gasteiger partial charge < -0.3 is 15.2 Å². The third-order valence-corrected chi connectivity index (χ3v) is 3.02. The summed E-state index contributed by atoms with van der Waals surface area (Å²) in [5.74, 6) is 0.0453. The van der Waals surface area contributed by atoms with Crippen LogP contribution in [-0.4, -0.2) is 30.3 Å². The van der Waals surface area contributed by atoms with Gasteiger partial charge in [-0.25, -0.2) is 0 Å². The number of aromatic hydroxyl groups is 1. The van der Waals surface area contributed by atoms with E-state index in [1.807, 2.05) is 13.8 Å². The van der Waals surface area contributed by atoms with Crippen LogP contribution < -0.4 is 5.32 Å². The molecular weight excluding hydrogens is 230 g/mol. The van der Waals surface area contributed by atoms with Gasteiger partial charge >= 0.3 is 0 Å². The number of phenolic OH excluding ortho intramolecular Hbond substituents is 1. The molecule has 0 aromatic heterocycles. The number of amides is 1. The number of phenols is 1. The summed E-state index contributed by atoms with van der Waals surface area (Å²) in [6, 6.07) is 4.72. The van der Waals surface area contributed by atoms with E-state index >= 15 is 0 Å². The minimum absolute atomic E-state index is 0.126. The average Bonchev–Trinajstić information content (AvgIpc) is 2.28. The van der Waals surface area contributed by atoms with Gasteiger partial charge in [-0.05, 0) is 51.0 Å². The lowest BCUT2D eigenvalue weighted by atomic mass is 10.0. The number of nitrogens with one attached hydrogen (secondary N) is 1. The molecule has 0 radical (unpaired) electrons. The van der Waals surface area contributed by atoms with Crippen molar-refractivity contribution in [1.29, 1.82) is 0 Å². The molecule has 0 atom stereocenters. The number of methoxy groups -OCH3 is 1. The Kier molecular flexibility index (Phi) is 4.73. The van der Waals surface area contributed by atoms with Crippen molar-refractivity contribution in [1.82, 2.24) is 5.32 Å². The quantitative estimate of drug-likeness (QED) is 0.843. The molecule has 18 heavy (non-hydrogen) atoms. The summed E-state index contributed by atoms with van der Waals surface area (Å²) in [7, 11) is 1.66. The van der Waals surface area contributed by atoms with Crippen molar-refractivity contribution in [2.24, 2.45) is 0 Å². The monoisotopic (exact) mass is 251 g/mol. The molecule has 0 fully saturated rings. The van der Waals surface area contributed by atoms with Crippen LogP contribution in [0.3, 0.4) is 0 Å². The minimum Gasteiger partial charge on any atom is -0.508 e. The summed E-state index contributed by atoms with van der Waals surface area (Å²) in [6.07, 6.45) is 0.742. The van der Waals surface area contributed by atoms with E-state index < -0.39 is 0 Å². The summed E-state index contributed by atoms with van der Waals surface area (Å²) in [5, 5.41) is 12.1. The molecule has 1 aromatic carbocycles. The van der Waals surface area contributed by atoms with Crippen LogP contribution in [0.1, 0.15) is 36.2 Å². The van der Waals surface area contributed by atoms with E-state index in [9.17, 15) is 9.90 Å². The summed E-state index contributed by atoms with van der Waals surface area (Å²) in [5.41, 5.74) is 1.11. The van der Waals surface area contributed by atoms with Gasteiger partial charge in [-0.1, -0.05) is 0 Å². The molecule has 0 bridgehead atoms. The predicted octanol–water partition coefficient (Wildman–Crippen LogP) is 2.25. The van der Waals surface area contributed by atoms with Crippen molar-refractivity contribution in [3.63, 3.8) is 0 Å². The second kappa shape index (κ2) is 5.87. The van der Waals surface area contributed by atoms with E-state index in [1.54, 1.807) is 26.2 Å². The Labute approximate surface area is 108 Å². The molecule has 0 spiro atoms. The Morgan fingerprint density at radius 2 is 2.11 bits per heavy atom. The molecule has 0 aliphatic heterocycles. The van der Waals surface area contributed by atoms with Crippen LogP contribution in [-0.2, 0) is 4.74 Å². The largest absolute Gasteiger partial charge is 0.508 e. The molecule has 1 amide bonds. The normalized spacial score (nSPS) is 11.3. The van der Waals surface area contributed by atoms with Crippen molar-refractivity contribution in [3.8, 4) is 5.75 Å². The number of benzene rings is 1. The third kappa shape index (κ3) is 4.04. The van der Waals surface area contributed by atoms with E-state index in [-0.39, 0.29) is 17.3 Å². The third-order valence-electron chi connectivity index (χ3n) is 3.02. The van der Waals surface area contributed by atoms with Crippen molar-refractivity contribution in [2.75, 3.05) is 13.7 Å². The van der Waals surface area contributed by atoms with Gasteiger partial charge in [-0.15, -0.1) is 0 Å². The van der Waals surface area contributed by atoms with Gasteiger partial charge in [0.1, 0.15) is 5.75 Å². The van der Waals surface area contributed by atoms with Gasteiger partial charge in [-0.2, -0.15) is 0 Å². The molecule has 0 aliphatic rings. The van der Waals surface area contributed by atoms with Crippen LogP contribution in [0.2, 0.25) is 0 Å². The topological polar surface area (TPSA) is 58.6 Å². The first-order valence-electron chi connectivity index (χ1n) is 5.99. The number of ether oxygens (including phenoxy) is 1. The summed E-state index contributed by atoms with van der Waals surface area (Å²) < 4.78 is 5.28. The molecule has 100 valence electrons. The van der Waals surface area contributed by atoms with Gasteiger partial charge in [-0.3, -0.25) is 4.79 Å². The first-order chi connectivity index (χ1) is 8.35. The number of rotatable bonds is 5. The van der Waals surface area contributed by atoms with Gasteiger partial charge in [0.25, 0.3) is 5.91 Å². The van der Waals surface area contributed by atoms with E-state index in [1.165, 1.54) is 6.07 Å². The maximum atomic E-state index is 11.9. The molecule has 4 heteroatoms. The fraction of sp³-hybridized carbons (Fsp3) is 0.500. The summed E-state index contributed by atoms with van der Waals surface area (Å²) in [6.45, 7) is 6.31. The summed E-state index contributed by atoms with van der Waals surface area (Å²) in [4.78, 5) is 11.9. The molecule has 1 aromatic rings. The number of aryl methyl sites for hydroxylation is 1. The van der Waals surface area contributed by atoms with Gasteiger partial charge in [0.15, 0.2) is 0 Å². The average molecular weight is 251 g/mol. The van der Waals surface area contributed by atoms with Gasteiger partial charge in [0.05, 0.1) is 5.60 Å². The standard InChI is InChI=1S/C14H21NO3/c1-10-9-11(16)5-6-12(10)13(17)15-8-7-14(2,3)18-4/h5-6,9,16H,7-8H2,1-4H3,(H,15,17). The maximum Gasteiger partial charge on any atom is 0.251 e. The SMILES string of the molecule is COC(C)(C)CCNC(=O)c1ccc(O)cc1C. The molecule has 1 rings (SSSR count). The Bertz CT molecular complexity index is 427. The van der Waals surface area contributed by atoms with E-state index in [0.717, 1.165) is 12.0 Å². The Hall–Kier alpha value is -1.55. The fourth-order valence-corrected chi connectivity index (χ4v) is 1.58. The maximum absolute atomic E-state index is 11.9. The Morgan fingerprint density at radius 3 is 2.67 bits per heavy atom. The lowest BCUT2D eigenvalue weighted by Gasteiger charge is -2.22. The van der Waals surface area contributed by atoms with Crippen LogP contribution in [0, 0.1) is 6.92 Å². The zero-order valence-electron chi connectivity index (χ0n) is 11.4. The molecule has 0 aliphatic carbocycles. The van der Waals surface area contributed by atoms with Crippen molar-refractivity contribution >= 4 is 5.91 Å². The molecule has 0 saturated heterocycles. The number of hydrogen-bond donors (Lipinski definition) is 2.